The van der Waals surface area contributed by atoms with E-state index in [0.717, 1.165) is 6.07 Å². The van der Waals surface area contributed by atoms with Gasteiger partial charge < -0.3 is 23.1 Å². The number of phenols is 2. The van der Waals surface area contributed by atoms with Crippen molar-refractivity contribution in [3.8, 4) is 11.5 Å². The van der Waals surface area contributed by atoms with E-state index < -0.39 is 60.5 Å². The Balaban J connectivity index is 0.00000169. The Morgan fingerprint density at radius 3 is 1.96 bits per heavy atom. The zero-order chi connectivity index (χ0) is 18.0. The standard InChI is InChI=1S/C14H10N2O7S.Na.H/c15-4-1-2-6(17)10-8(4)14(20)11-9(13(10)19)5(16)3-7(12(11)18)24(21,22)23;;/h1-3,17-18H,15-16H2,(H,21,22,23);;/q;+1;-1. The van der Waals surface area contributed by atoms with Crippen LogP contribution in [0.2, 0.25) is 0 Å². The van der Waals surface area contributed by atoms with Crippen LogP contribution in [0.1, 0.15) is 33.3 Å². The molecular weight excluding hydrogens is 363 g/mol. The van der Waals surface area contributed by atoms with E-state index in [0.29, 0.717) is 6.07 Å². The minimum atomic E-state index is -4.90. The minimum absolute atomic E-state index is 0. The average molecular weight is 374 g/mol. The molecule has 0 spiro atoms. The second-order valence-corrected chi connectivity index (χ2v) is 6.51. The van der Waals surface area contributed by atoms with Crippen LogP contribution in [0, 0.1) is 0 Å². The molecule has 0 unspecified atom stereocenters. The van der Waals surface area contributed by atoms with Gasteiger partial charge in [0.1, 0.15) is 16.4 Å². The number of rotatable bonds is 1. The fourth-order valence-corrected chi connectivity index (χ4v) is 3.28. The summed E-state index contributed by atoms with van der Waals surface area (Å²) in [5.74, 6) is -3.53. The molecule has 7 N–H and O–H groups in total. The number of nitrogen functional groups attached to an aromatic ring is 2. The number of anilines is 2. The van der Waals surface area contributed by atoms with Crippen molar-refractivity contribution in [1.82, 2.24) is 0 Å². The van der Waals surface area contributed by atoms with Gasteiger partial charge in [0.15, 0.2) is 0 Å². The van der Waals surface area contributed by atoms with Crippen molar-refractivity contribution in [1.29, 1.82) is 0 Å². The SMILES string of the molecule is Nc1ccc(O)c2c1C(=O)c1c(O)c(S(=O)(=O)O)cc(N)c1C2=O.[H-].[Na+]. The zero-order valence-electron chi connectivity index (χ0n) is 13.8. The predicted octanol–water partition coefficient (Wildman–Crippen LogP) is -2.60. The van der Waals surface area contributed by atoms with Crippen LogP contribution in [0.15, 0.2) is 23.1 Å². The number of phenolic OH excluding ortho intramolecular Hbond substituents is 2. The first-order valence-corrected chi connectivity index (χ1v) is 7.83. The summed E-state index contributed by atoms with van der Waals surface area (Å²) in [6.45, 7) is 0. The number of benzene rings is 2. The zero-order valence-corrected chi connectivity index (χ0v) is 15.6. The van der Waals surface area contributed by atoms with Gasteiger partial charge in [-0.1, -0.05) is 0 Å². The third kappa shape index (κ3) is 2.68. The second kappa shape index (κ2) is 6.00. The van der Waals surface area contributed by atoms with Crippen molar-refractivity contribution in [2.24, 2.45) is 0 Å². The van der Waals surface area contributed by atoms with E-state index in [4.69, 9.17) is 16.0 Å². The molecule has 0 atom stereocenters. The molecule has 0 aromatic heterocycles. The Hall–Kier alpha value is -2.11. The van der Waals surface area contributed by atoms with Crippen molar-refractivity contribution in [2.45, 2.75) is 4.90 Å². The van der Waals surface area contributed by atoms with Crippen molar-refractivity contribution < 1.29 is 63.8 Å². The average Bonchev–Trinajstić information content (AvgIpc) is 2.47. The molecule has 11 heteroatoms. The first-order valence-electron chi connectivity index (χ1n) is 6.39. The molecule has 0 aliphatic heterocycles. The van der Waals surface area contributed by atoms with E-state index in [2.05, 4.69) is 0 Å². The number of ketones is 2. The summed E-state index contributed by atoms with van der Waals surface area (Å²) >= 11 is 0. The number of fused-ring (bicyclic) bond motifs is 2. The van der Waals surface area contributed by atoms with Crippen LogP contribution in [-0.4, -0.2) is 34.8 Å². The number of carbonyl (C=O) groups excluding carboxylic acids is 2. The smallest absolute Gasteiger partial charge is 1.00 e. The molecule has 0 saturated heterocycles. The van der Waals surface area contributed by atoms with Crippen LogP contribution in [0.3, 0.4) is 0 Å². The number of hydrogen-bond donors (Lipinski definition) is 5. The van der Waals surface area contributed by atoms with Gasteiger partial charge in [-0.2, -0.15) is 8.42 Å². The van der Waals surface area contributed by atoms with Gasteiger partial charge in [0.05, 0.1) is 22.3 Å². The molecular formula is C14H11N2NaO7S. The molecule has 0 fully saturated rings. The molecule has 2 aromatic carbocycles. The largest absolute Gasteiger partial charge is 1.00 e. The summed E-state index contributed by atoms with van der Waals surface area (Å²) in [6, 6.07) is 2.95. The van der Waals surface area contributed by atoms with Crippen LogP contribution in [0.4, 0.5) is 11.4 Å². The minimum Gasteiger partial charge on any atom is -1.00 e. The topological polar surface area (TPSA) is 181 Å². The predicted molar refractivity (Wildman–Crippen MR) is 82.8 cm³/mol. The van der Waals surface area contributed by atoms with Crippen LogP contribution in [-0.2, 0) is 10.1 Å². The number of nitrogens with two attached hydrogens (primary N) is 2. The molecule has 2 aromatic rings. The summed E-state index contributed by atoms with van der Waals surface area (Å²) < 4.78 is 31.8. The molecule has 0 saturated carbocycles. The number of aromatic hydroxyl groups is 2. The number of hydrogen-bond acceptors (Lipinski definition) is 8. The number of carbonyl (C=O) groups is 2. The molecule has 126 valence electrons. The summed E-state index contributed by atoms with van der Waals surface area (Å²) in [5, 5.41) is 20.0. The summed E-state index contributed by atoms with van der Waals surface area (Å²) in [5.41, 5.74) is 8.75. The van der Waals surface area contributed by atoms with Crippen molar-refractivity contribution in [2.75, 3.05) is 11.5 Å². The van der Waals surface area contributed by atoms with Gasteiger partial charge in [-0.05, 0) is 18.2 Å². The summed E-state index contributed by atoms with van der Waals surface area (Å²) in [6.07, 6.45) is 0. The van der Waals surface area contributed by atoms with Crippen LogP contribution in [0.5, 0.6) is 11.5 Å². The summed E-state index contributed by atoms with van der Waals surface area (Å²) in [7, 11) is -4.90. The quantitative estimate of drug-likeness (QED) is 0.132. The molecule has 0 amide bonds. The molecule has 3 rings (SSSR count). The Morgan fingerprint density at radius 2 is 1.40 bits per heavy atom. The maximum Gasteiger partial charge on any atom is 1.00 e. The van der Waals surface area contributed by atoms with E-state index in [-0.39, 0.29) is 42.2 Å². The fourth-order valence-electron chi connectivity index (χ4n) is 2.66. The van der Waals surface area contributed by atoms with Crippen LogP contribution >= 0.6 is 0 Å². The van der Waals surface area contributed by atoms with Gasteiger partial charge in [0, 0.05) is 11.4 Å². The summed E-state index contributed by atoms with van der Waals surface area (Å²) in [4.78, 5) is 24.2. The Bertz CT molecular complexity index is 1070. The first kappa shape index (κ1) is 19.2. The third-order valence-corrected chi connectivity index (χ3v) is 4.56. The van der Waals surface area contributed by atoms with Crippen LogP contribution < -0.4 is 41.0 Å². The molecule has 25 heavy (non-hydrogen) atoms. The van der Waals surface area contributed by atoms with E-state index in [1.54, 1.807) is 0 Å². The van der Waals surface area contributed by atoms with Gasteiger partial charge in [0.2, 0.25) is 11.6 Å². The normalized spacial score (nSPS) is 13.0. The van der Waals surface area contributed by atoms with E-state index >= 15 is 0 Å². The van der Waals surface area contributed by atoms with Gasteiger partial charge in [-0.3, -0.25) is 14.1 Å². The van der Waals surface area contributed by atoms with Gasteiger partial charge in [-0.25, -0.2) is 0 Å². The second-order valence-electron chi connectivity index (χ2n) is 5.12. The molecule has 0 radical (unpaired) electrons. The fraction of sp³-hybridized carbons (Fsp3) is 0. The molecule has 1 aliphatic rings. The molecule has 0 bridgehead atoms. The van der Waals surface area contributed by atoms with Crippen molar-refractivity contribution in [3.63, 3.8) is 0 Å². The van der Waals surface area contributed by atoms with Crippen molar-refractivity contribution in [3.05, 3.63) is 40.5 Å². The Morgan fingerprint density at radius 1 is 0.880 bits per heavy atom. The Labute approximate surface area is 164 Å². The molecule has 0 heterocycles. The monoisotopic (exact) mass is 374 g/mol. The maximum atomic E-state index is 12.6. The third-order valence-electron chi connectivity index (χ3n) is 3.70. The van der Waals surface area contributed by atoms with Crippen molar-refractivity contribution >= 4 is 33.1 Å². The van der Waals surface area contributed by atoms with E-state index in [9.17, 15) is 28.2 Å². The molecule has 9 nitrogen and oxygen atoms in total. The van der Waals surface area contributed by atoms with E-state index in [1.165, 1.54) is 6.07 Å². The first-order chi connectivity index (χ1) is 11.1. The molecule has 1 aliphatic carbocycles. The maximum absolute atomic E-state index is 12.6. The van der Waals surface area contributed by atoms with E-state index in [1.807, 2.05) is 0 Å². The van der Waals surface area contributed by atoms with Gasteiger partial charge >= 0.3 is 29.6 Å². The Kier molecular flexibility index (Phi) is 4.61. The van der Waals surface area contributed by atoms with Crippen LogP contribution in [0.25, 0.3) is 0 Å². The van der Waals surface area contributed by atoms with Gasteiger partial charge in [-0.15, -0.1) is 0 Å². The van der Waals surface area contributed by atoms with Gasteiger partial charge in [0.25, 0.3) is 10.1 Å².